The van der Waals surface area contributed by atoms with Crippen molar-refractivity contribution in [3.63, 3.8) is 0 Å². The standard InChI is InChI=1S/C14H24N4O6/c15-6-2-1-3-8(12(21)18-10(7-19)14(23)24)17-13(22)9-4-5-11(20)16-9/h8-10,19H,1-7,15H2,(H,16,20)(H,17,22)(H,18,21)(H,23,24)/t8-,9+,10+/m1/s1. The number of carbonyl (C=O) groups excluding carboxylic acids is 3. The van der Waals surface area contributed by atoms with E-state index in [0.29, 0.717) is 25.8 Å². The van der Waals surface area contributed by atoms with E-state index in [9.17, 15) is 19.2 Å². The summed E-state index contributed by atoms with van der Waals surface area (Å²) in [4.78, 5) is 46.4. The van der Waals surface area contributed by atoms with Crippen LogP contribution in [0, 0.1) is 0 Å². The lowest BCUT2D eigenvalue weighted by atomic mass is 10.1. The highest BCUT2D eigenvalue weighted by atomic mass is 16.4. The van der Waals surface area contributed by atoms with Crippen molar-refractivity contribution in [1.82, 2.24) is 16.0 Å². The second kappa shape index (κ2) is 9.83. The van der Waals surface area contributed by atoms with Gasteiger partial charge in [0, 0.05) is 6.42 Å². The molecule has 136 valence electrons. The van der Waals surface area contributed by atoms with Gasteiger partial charge >= 0.3 is 5.97 Å². The van der Waals surface area contributed by atoms with Crippen LogP contribution in [-0.2, 0) is 19.2 Å². The molecule has 1 rings (SSSR count). The van der Waals surface area contributed by atoms with E-state index in [-0.39, 0.29) is 18.7 Å². The Morgan fingerprint density at radius 3 is 2.46 bits per heavy atom. The molecular formula is C14H24N4O6. The van der Waals surface area contributed by atoms with E-state index in [1.54, 1.807) is 0 Å². The van der Waals surface area contributed by atoms with Crippen molar-refractivity contribution in [2.75, 3.05) is 13.2 Å². The molecule has 1 fully saturated rings. The van der Waals surface area contributed by atoms with Crippen molar-refractivity contribution in [1.29, 1.82) is 0 Å². The average Bonchev–Trinajstić information content (AvgIpc) is 2.97. The van der Waals surface area contributed by atoms with Crippen molar-refractivity contribution >= 4 is 23.7 Å². The number of nitrogens with one attached hydrogen (secondary N) is 3. The zero-order valence-corrected chi connectivity index (χ0v) is 13.3. The van der Waals surface area contributed by atoms with E-state index in [2.05, 4.69) is 16.0 Å². The van der Waals surface area contributed by atoms with Gasteiger partial charge in [0.05, 0.1) is 6.61 Å². The number of nitrogens with two attached hydrogens (primary N) is 1. The zero-order valence-electron chi connectivity index (χ0n) is 13.3. The number of carboxylic acid groups (broad SMARTS) is 1. The molecule has 0 aromatic heterocycles. The third-order valence-electron chi connectivity index (χ3n) is 3.69. The number of aliphatic carboxylic acids is 1. The molecule has 0 unspecified atom stereocenters. The van der Waals surface area contributed by atoms with Gasteiger partial charge in [0.2, 0.25) is 17.7 Å². The summed E-state index contributed by atoms with van der Waals surface area (Å²) in [6.45, 7) is -0.335. The molecule has 24 heavy (non-hydrogen) atoms. The lowest BCUT2D eigenvalue weighted by Gasteiger charge is -2.22. The summed E-state index contributed by atoms with van der Waals surface area (Å²) >= 11 is 0. The molecule has 0 aromatic carbocycles. The quantitative estimate of drug-likeness (QED) is 0.237. The van der Waals surface area contributed by atoms with Crippen LogP contribution in [0.4, 0.5) is 0 Å². The Labute approximate surface area is 139 Å². The molecule has 0 radical (unpaired) electrons. The maximum absolute atomic E-state index is 12.2. The number of hydrogen-bond acceptors (Lipinski definition) is 6. The Morgan fingerprint density at radius 2 is 1.96 bits per heavy atom. The summed E-state index contributed by atoms with van der Waals surface area (Å²) < 4.78 is 0. The summed E-state index contributed by atoms with van der Waals surface area (Å²) in [5.74, 6) is -2.80. The minimum absolute atomic E-state index is 0.231. The number of aliphatic hydroxyl groups excluding tert-OH is 1. The zero-order chi connectivity index (χ0) is 18.1. The van der Waals surface area contributed by atoms with Crippen LogP contribution in [0.3, 0.4) is 0 Å². The number of unbranched alkanes of at least 4 members (excludes halogenated alkanes) is 1. The monoisotopic (exact) mass is 344 g/mol. The number of carboxylic acids is 1. The van der Waals surface area contributed by atoms with Crippen LogP contribution in [0.25, 0.3) is 0 Å². The number of amides is 3. The van der Waals surface area contributed by atoms with Gasteiger partial charge in [0.1, 0.15) is 18.1 Å². The first-order valence-corrected chi connectivity index (χ1v) is 7.82. The van der Waals surface area contributed by atoms with Crippen LogP contribution >= 0.6 is 0 Å². The van der Waals surface area contributed by atoms with Crippen LogP contribution < -0.4 is 21.7 Å². The molecule has 0 spiro atoms. The van der Waals surface area contributed by atoms with E-state index < -0.39 is 42.5 Å². The maximum atomic E-state index is 12.2. The van der Waals surface area contributed by atoms with E-state index >= 15 is 0 Å². The number of carbonyl (C=O) groups is 4. The van der Waals surface area contributed by atoms with Gasteiger partial charge in [-0.2, -0.15) is 0 Å². The molecular weight excluding hydrogens is 320 g/mol. The molecule has 10 nitrogen and oxygen atoms in total. The van der Waals surface area contributed by atoms with Crippen LogP contribution in [0.1, 0.15) is 32.1 Å². The largest absolute Gasteiger partial charge is 0.480 e. The third-order valence-corrected chi connectivity index (χ3v) is 3.69. The van der Waals surface area contributed by atoms with Crippen LogP contribution in [-0.4, -0.2) is 65.2 Å². The molecule has 7 N–H and O–H groups in total. The fourth-order valence-corrected chi connectivity index (χ4v) is 2.30. The van der Waals surface area contributed by atoms with Crippen molar-refractivity contribution in [2.45, 2.75) is 50.2 Å². The van der Waals surface area contributed by atoms with Crippen molar-refractivity contribution in [2.24, 2.45) is 5.73 Å². The smallest absolute Gasteiger partial charge is 0.328 e. The van der Waals surface area contributed by atoms with Gasteiger partial charge in [-0.25, -0.2) is 4.79 Å². The lowest BCUT2D eigenvalue weighted by Crippen LogP contribution is -2.55. The van der Waals surface area contributed by atoms with E-state index in [0.717, 1.165) is 0 Å². The van der Waals surface area contributed by atoms with Crippen LogP contribution in [0.5, 0.6) is 0 Å². The second-order valence-electron chi connectivity index (χ2n) is 5.59. The Kier molecular flexibility index (Phi) is 8.13. The number of aliphatic hydroxyl groups is 1. The van der Waals surface area contributed by atoms with Gasteiger partial charge < -0.3 is 31.9 Å². The van der Waals surface area contributed by atoms with E-state index in [1.165, 1.54) is 0 Å². The molecule has 1 aliphatic rings. The Morgan fingerprint density at radius 1 is 1.25 bits per heavy atom. The summed E-state index contributed by atoms with van der Waals surface area (Å²) in [7, 11) is 0. The number of hydrogen-bond donors (Lipinski definition) is 6. The van der Waals surface area contributed by atoms with Gasteiger partial charge in [-0.15, -0.1) is 0 Å². The second-order valence-corrected chi connectivity index (χ2v) is 5.59. The molecule has 3 amide bonds. The van der Waals surface area contributed by atoms with Gasteiger partial charge in [-0.05, 0) is 32.2 Å². The summed E-state index contributed by atoms with van der Waals surface area (Å²) in [5.41, 5.74) is 5.40. The molecule has 3 atom stereocenters. The average molecular weight is 344 g/mol. The molecule has 0 aliphatic carbocycles. The molecule has 0 saturated carbocycles. The SMILES string of the molecule is NCCCC[C@@H](NC(=O)[C@@H]1CCC(=O)N1)C(=O)N[C@@H](CO)C(=O)O. The Hall–Kier alpha value is -2.20. The first-order valence-electron chi connectivity index (χ1n) is 7.82. The highest BCUT2D eigenvalue weighted by molar-refractivity contribution is 5.94. The normalized spacial score (nSPS) is 19.2. The van der Waals surface area contributed by atoms with Gasteiger partial charge in [0.15, 0.2) is 0 Å². The molecule has 0 aromatic rings. The maximum Gasteiger partial charge on any atom is 0.328 e. The van der Waals surface area contributed by atoms with E-state index in [1.807, 2.05) is 0 Å². The fraction of sp³-hybridized carbons (Fsp3) is 0.714. The van der Waals surface area contributed by atoms with Crippen molar-refractivity contribution < 1.29 is 29.4 Å². The Balaban J connectivity index is 2.67. The first kappa shape index (κ1) is 19.8. The predicted molar refractivity (Wildman–Crippen MR) is 82.7 cm³/mol. The first-order chi connectivity index (χ1) is 11.4. The van der Waals surface area contributed by atoms with Crippen molar-refractivity contribution in [3.8, 4) is 0 Å². The highest BCUT2D eigenvalue weighted by Crippen LogP contribution is 2.08. The topological polar surface area (TPSA) is 171 Å². The van der Waals surface area contributed by atoms with Gasteiger partial charge in [-0.3, -0.25) is 14.4 Å². The minimum atomic E-state index is -1.45. The van der Waals surface area contributed by atoms with Crippen LogP contribution in [0.2, 0.25) is 0 Å². The third kappa shape index (κ3) is 6.13. The van der Waals surface area contributed by atoms with Crippen LogP contribution in [0.15, 0.2) is 0 Å². The highest BCUT2D eigenvalue weighted by Gasteiger charge is 2.31. The van der Waals surface area contributed by atoms with E-state index in [4.69, 9.17) is 15.9 Å². The minimum Gasteiger partial charge on any atom is -0.480 e. The summed E-state index contributed by atoms with van der Waals surface area (Å²) in [6, 6.07) is -3.11. The summed E-state index contributed by atoms with van der Waals surface area (Å²) in [6.07, 6.45) is 2.06. The van der Waals surface area contributed by atoms with Crippen molar-refractivity contribution in [3.05, 3.63) is 0 Å². The Bertz CT molecular complexity index is 484. The molecule has 1 aliphatic heterocycles. The summed E-state index contributed by atoms with van der Waals surface area (Å²) in [5, 5.41) is 25.1. The fourth-order valence-electron chi connectivity index (χ4n) is 2.30. The molecule has 10 heteroatoms. The van der Waals surface area contributed by atoms with Gasteiger partial charge in [0.25, 0.3) is 0 Å². The molecule has 0 bridgehead atoms. The molecule has 1 heterocycles. The van der Waals surface area contributed by atoms with Gasteiger partial charge in [-0.1, -0.05) is 0 Å². The molecule has 1 saturated heterocycles. The predicted octanol–water partition coefficient (Wildman–Crippen LogP) is -2.56. The lowest BCUT2D eigenvalue weighted by molar-refractivity contribution is -0.143. The number of rotatable bonds is 10.